The van der Waals surface area contributed by atoms with Gasteiger partial charge in [0.05, 0.1) is 19.8 Å². The molecule has 0 spiro atoms. The van der Waals surface area contributed by atoms with Crippen LogP contribution in [0.2, 0.25) is 0 Å². The second-order valence-corrected chi connectivity index (χ2v) is 5.44. The molecule has 0 amide bonds. The first kappa shape index (κ1) is 14.6. The average Bonchev–Trinajstić information content (AvgIpc) is 2.55. The Hall–Kier alpha value is -2.35. The van der Waals surface area contributed by atoms with Crippen molar-refractivity contribution in [3.63, 3.8) is 0 Å². The van der Waals surface area contributed by atoms with Crippen molar-refractivity contribution in [3.05, 3.63) is 54.1 Å². The molecule has 1 heterocycles. The maximum absolute atomic E-state index is 9.33. The number of ether oxygens (including phenoxy) is 1. The molecule has 22 heavy (non-hydrogen) atoms. The summed E-state index contributed by atoms with van der Waals surface area (Å²) in [5, 5.41) is 21.5. The van der Waals surface area contributed by atoms with Crippen molar-refractivity contribution >= 4 is 0 Å². The summed E-state index contributed by atoms with van der Waals surface area (Å²) in [4.78, 5) is 0. The van der Waals surface area contributed by atoms with Gasteiger partial charge in [0.1, 0.15) is 11.8 Å². The second kappa shape index (κ2) is 6.18. The fraction of sp³-hybridized carbons (Fsp3) is 0.278. The van der Waals surface area contributed by atoms with Gasteiger partial charge in [0, 0.05) is 12.0 Å². The molecule has 1 saturated heterocycles. The largest absolute Gasteiger partial charge is 0.497 e. The highest BCUT2D eigenvalue weighted by Gasteiger charge is 2.41. The number of nitriles is 1. The predicted octanol–water partition coefficient (Wildman–Crippen LogP) is 2.30. The monoisotopic (exact) mass is 294 g/mol. The SMILES string of the molecule is COc1ccc(-c2ccc([C@@H]3[C@H](C#N)N[C@@H]3CO)cc2)cc1. The molecule has 0 aliphatic carbocycles. The minimum absolute atomic E-state index is 0.0310. The van der Waals surface area contributed by atoms with Crippen LogP contribution in [0.3, 0.4) is 0 Å². The topological polar surface area (TPSA) is 65.3 Å². The van der Waals surface area contributed by atoms with E-state index in [1.165, 1.54) is 0 Å². The van der Waals surface area contributed by atoms with E-state index in [1.807, 2.05) is 36.4 Å². The number of methoxy groups -OCH3 is 1. The molecule has 3 rings (SSSR count). The Morgan fingerprint density at radius 1 is 1.09 bits per heavy atom. The van der Waals surface area contributed by atoms with Gasteiger partial charge in [-0.05, 0) is 28.8 Å². The fourth-order valence-electron chi connectivity index (χ4n) is 2.94. The van der Waals surface area contributed by atoms with Crippen molar-refractivity contribution in [1.82, 2.24) is 5.32 Å². The normalized spacial score (nSPS) is 23.4. The molecular formula is C18H18N2O2. The van der Waals surface area contributed by atoms with Crippen LogP contribution in [0.1, 0.15) is 11.5 Å². The maximum Gasteiger partial charge on any atom is 0.118 e. The molecule has 1 aliphatic heterocycles. The molecule has 112 valence electrons. The Morgan fingerprint density at radius 3 is 2.18 bits per heavy atom. The highest BCUT2D eigenvalue weighted by molar-refractivity contribution is 5.64. The zero-order valence-corrected chi connectivity index (χ0v) is 12.4. The molecule has 2 N–H and O–H groups in total. The summed E-state index contributed by atoms with van der Waals surface area (Å²) in [6, 6.07) is 18.1. The first-order valence-corrected chi connectivity index (χ1v) is 7.27. The third-order valence-corrected chi connectivity index (χ3v) is 4.24. The van der Waals surface area contributed by atoms with Crippen molar-refractivity contribution in [2.45, 2.75) is 18.0 Å². The molecule has 1 fully saturated rings. The van der Waals surface area contributed by atoms with Crippen LogP contribution in [0.25, 0.3) is 11.1 Å². The van der Waals surface area contributed by atoms with Crippen molar-refractivity contribution < 1.29 is 9.84 Å². The molecule has 2 aromatic rings. The van der Waals surface area contributed by atoms with Gasteiger partial charge in [0.25, 0.3) is 0 Å². The van der Waals surface area contributed by atoms with Crippen molar-refractivity contribution in [2.24, 2.45) is 0 Å². The molecule has 0 unspecified atom stereocenters. The van der Waals surface area contributed by atoms with E-state index in [0.717, 1.165) is 22.4 Å². The molecule has 0 radical (unpaired) electrons. The Labute approximate surface area is 130 Å². The van der Waals surface area contributed by atoms with Gasteiger partial charge in [0.15, 0.2) is 0 Å². The molecule has 4 nitrogen and oxygen atoms in total. The van der Waals surface area contributed by atoms with Gasteiger partial charge in [0.2, 0.25) is 0 Å². The quantitative estimate of drug-likeness (QED) is 0.908. The van der Waals surface area contributed by atoms with Crippen LogP contribution in [0.4, 0.5) is 0 Å². The van der Waals surface area contributed by atoms with Crippen LogP contribution in [-0.4, -0.2) is 30.9 Å². The lowest BCUT2D eigenvalue weighted by atomic mass is 9.78. The molecule has 0 bridgehead atoms. The minimum Gasteiger partial charge on any atom is -0.497 e. The van der Waals surface area contributed by atoms with Crippen LogP contribution < -0.4 is 10.1 Å². The van der Waals surface area contributed by atoms with Crippen molar-refractivity contribution in [2.75, 3.05) is 13.7 Å². The van der Waals surface area contributed by atoms with E-state index in [9.17, 15) is 5.11 Å². The molecule has 4 heteroatoms. The highest BCUT2D eigenvalue weighted by atomic mass is 16.5. The lowest BCUT2D eigenvalue weighted by molar-refractivity contribution is 0.151. The van der Waals surface area contributed by atoms with E-state index in [-0.39, 0.29) is 24.6 Å². The Balaban J connectivity index is 1.81. The van der Waals surface area contributed by atoms with Gasteiger partial charge >= 0.3 is 0 Å². The number of hydrogen-bond acceptors (Lipinski definition) is 4. The summed E-state index contributed by atoms with van der Waals surface area (Å²) >= 11 is 0. The number of aliphatic hydroxyl groups is 1. The number of nitrogens with one attached hydrogen (secondary N) is 1. The Kier molecular flexibility index (Phi) is 4.10. The van der Waals surface area contributed by atoms with E-state index in [4.69, 9.17) is 10.00 Å². The van der Waals surface area contributed by atoms with Gasteiger partial charge in [-0.2, -0.15) is 5.26 Å². The number of benzene rings is 2. The van der Waals surface area contributed by atoms with E-state index < -0.39 is 0 Å². The smallest absolute Gasteiger partial charge is 0.118 e. The summed E-state index contributed by atoms with van der Waals surface area (Å²) in [6.07, 6.45) is 0. The first-order chi connectivity index (χ1) is 10.8. The van der Waals surface area contributed by atoms with E-state index in [2.05, 4.69) is 23.5 Å². The number of aliphatic hydroxyl groups excluding tert-OH is 1. The number of hydrogen-bond donors (Lipinski definition) is 2. The van der Waals surface area contributed by atoms with Gasteiger partial charge in [-0.1, -0.05) is 36.4 Å². The lowest BCUT2D eigenvalue weighted by Crippen LogP contribution is -2.60. The molecule has 2 aromatic carbocycles. The van der Waals surface area contributed by atoms with Crippen LogP contribution in [0, 0.1) is 11.3 Å². The Bertz CT molecular complexity index is 674. The van der Waals surface area contributed by atoms with Crippen LogP contribution in [0.5, 0.6) is 5.75 Å². The molecule has 0 aromatic heterocycles. The number of nitrogens with zero attached hydrogens (tertiary/aromatic N) is 1. The van der Waals surface area contributed by atoms with Gasteiger partial charge in [-0.3, -0.25) is 5.32 Å². The van der Waals surface area contributed by atoms with Gasteiger partial charge in [-0.25, -0.2) is 0 Å². The lowest BCUT2D eigenvalue weighted by Gasteiger charge is -2.41. The van der Waals surface area contributed by atoms with Gasteiger partial charge < -0.3 is 9.84 Å². The predicted molar refractivity (Wildman–Crippen MR) is 84.6 cm³/mol. The average molecular weight is 294 g/mol. The van der Waals surface area contributed by atoms with Crippen LogP contribution >= 0.6 is 0 Å². The van der Waals surface area contributed by atoms with E-state index >= 15 is 0 Å². The number of rotatable bonds is 4. The van der Waals surface area contributed by atoms with Crippen molar-refractivity contribution in [1.29, 1.82) is 5.26 Å². The maximum atomic E-state index is 9.33. The third kappa shape index (κ3) is 2.57. The minimum atomic E-state index is -0.219. The zero-order chi connectivity index (χ0) is 15.5. The first-order valence-electron chi connectivity index (χ1n) is 7.27. The molecule has 1 aliphatic rings. The molecule has 3 atom stereocenters. The molecule has 0 saturated carbocycles. The summed E-state index contributed by atoms with van der Waals surface area (Å²) < 4.78 is 5.16. The van der Waals surface area contributed by atoms with Crippen molar-refractivity contribution in [3.8, 4) is 22.9 Å². The second-order valence-electron chi connectivity index (χ2n) is 5.44. The highest BCUT2D eigenvalue weighted by Crippen LogP contribution is 2.33. The third-order valence-electron chi connectivity index (χ3n) is 4.24. The molecular weight excluding hydrogens is 276 g/mol. The summed E-state index contributed by atoms with van der Waals surface area (Å²) in [6.45, 7) is 0.0447. The summed E-state index contributed by atoms with van der Waals surface area (Å²) in [7, 11) is 1.65. The van der Waals surface area contributed by atoms with Crippen LogP contribution in [0.15, 0.2) is 48.5 Å². The zero-order valence-electron chi connectivity index (χ0n) is 12.4. The summed E-state index contributed by atoms with van der Waals surface area (Å²) in [5.74, 6) is 0.892. The van der Waals surface area contributed by atoms with Gasteiger partial charge in [-0.15, -0.1) is 0 Å². The summed E-state index contributed by atoms with van der Waals surface area (Å²) in [5.41, 5.74) is 3.32. The fourth-order valence-corrected chi connectivity index (χ4v) is 2.94. The van der Waals surface area contributed by atoms with E-state index in [0.29, 0.717) is 0 Å². The standard InChI is InChI=1S/C18H18N2O2/c1-22-15-8-6-13(7-9-15)12-2-4-14(5-3-12)18-16(10-19)20-17(18)11-21/h2-9,16-18,20-21H,11H2,1H3/t16-,17+,18+/m0/s1. The Morgan fingerprint density at radius 2 is 1.68 bits per heavy atom. The van der Waals surface area contributed by atoms with Crippen LogP contribution in [-0.2, 0) is 0 Å². The van der Waals surface area contributed by atoms with E-state index in [1.54, 1.807) is 7.11 Å².